The number of allylic oxidation sites excluding steroid dienone is 2. The second kappa shape index (κ2) is 3.76. The van der Waals surface area contributed by atoms with Gasteiger partial charge in [-0.3, -0.25) is 4.79 Å². The van der Waals surface area contributed by atoms with Crippen molar-refractivity contribution >= 4 is 38.6 Å². The number of thiophene rings is 1. The van der Waals surface area contributed by atoms with E-state index in [-0.39, 0.29) is 5.78 Å². The van der Waals surface area contributed by atoms with Crippen molar-refractivity contribution in [1.82, 2.24) is 0 Å². The molecule has 0 radical (unpaired) electrons. The van der Waals surface area contributed by atoms with Crippen LogP contribution in [0.15, 0.2) is 21.3 Å². The summed E-state index contributed by atoms with van der Waals surface area (Å²) in [5.74, 6) is 0.283. The number of hydrogen-bond acceptors (Lipinski definition) is 2. The van der Waals surface area contributed by atoms with Crippen molar-refractivity contribution in [2.75, 3.05) is 0 Å². The van der Waals surface area contributed by atoms with Crippen LogP contribution in [0.5, 0.6) is 0 Å². The molecule has 1 aromatic rings. The minimum atomic E-state index is 0.283. The highest BCUT2D eigenvalue weighted by molar-refractivity contribution is 9.10. The molecule has 1 aliphatic carbocycles. The van der Waals surface area contributed by atoms with Crippen LogP contribution >= 0.6 is 27.3 Å². The summed E-state index contributed by atoms with van der Waals surface area (Å²) in [4.78, 5) is 11.6. The van der Waals surface area contributed by atoms with E-state index in [1.807, 2.05) is 10.8 Å². The number of carbonyl (C=O) groups is 1. The second-order valence-electron chi connectivity index (χ2n) is 3.07. The Hall–Kier alpha value is -0.410. The number of Topliss-reactive ketones (excluding diaryl/α,β-unsaturated/α-hetero) is 1. The second-order valence-corrected chi connectivity index (χ2v) is 4.66. The Morgan fingerprint density at radius 1 is 1.38 bits per heavy atom. The van der Waals surface area contributed by atoms with Crippen molar-refractivity contribution in [3.8, 4) is 0 Å². The fourth-order valence-electron chi connectivity index (χ4n) is 1.49. The van der Waals surface area contributed by atoms with E-state index >= 15 is 0 Å². The van der Waals surface area contributed by atoms with Gasteiger partial charge in [0.05, 0.1) is 0 Å². The van der Waals surface area contributed by atoms with E-state index in [0.717, 1.165) is 28.5 Å². The van der Waals surface area contributed by atoms with E-state index < -0.39 is 0 Å². The Morgan fingerprint density at radius 3 is 2.85 bits per heavy atom. The van der Waals surface area contributed by atoms with Gasteiger partial charge in [0.2, 0.25) is 0 Å². The van der Waals surface area contributed by atoms with Crippen LogP contribution in [0, 0.1) is 0 Å². The minimum absolute atomic E-state index is 0.283. The molecule has 0 aromatic carbocycles. The lowest BCUT2D eigenvalue weighted by Crippen LogP contribution is -2.05. The maximum Gasteiger partial charge on any atom is 0.163 e. The molecule has 0 amide bonds. The van der Waals surface area contributed by atoms with Crippen molar-refractivity contribution in [1.29, 1.82) is 0 Å². The fraction of sp³-hybridized carbons (Fsp3) is 0.300. The maximum atomic E-state index is 11.6. The van der Waals surface area contributed by atoms with Crippen molar-refractivity contribution in [3.63, 3.8) is 0 Å². The molecule has 68 valence electrons. The summed E-state index contributed by atoms with van der Waals surface area (Å²) < 4.78 is 1.04. The summed E-state index contributed by atoms with van der Waals surface area (Å²) in [5, 5.41) is 4.04. The molecule has 1 heterocycles. The van der Waals surface area contributed by atoms with Gasteiger partial charge in [0.15, 0.2) is 5.78 Å². The Kier molecular flexibility index (Phi) is 2.65. The van der Waals surface area contributed by atoms with Crippen LogP contribution in [-0.4, -0.2) is 5.78 Å². The zero-order valence-corrected chi connectivity index (χ0v) is 9.45. The summed E-state index contributed by atoms with van der Waals surface area (Å²) in [6, 6.07) is 0. The van der Waals surface area contributed by atoms with Crippen LogP contribution in [0.2, 0.25) is 0 Å². The summed E-state index contributed by atoms with van der Waals surface area (Å²) in [7, 11) is 0. The molecule has 0 spiro atoms. The molecule has 0 fully saturated rings. The van der Waals surface area contributed by atoms with Gasteiger partial charge in [-0.15, -0.1) is 0 Å². The van der Waals surface area contributed by atoms with Gasteiger partial charge in [-0.25, -0.2) is 0 Å². The van der Waals surface area contributed by atoms with Crippen LogP contribution in [0.4, 0.5) is 0 Å². The van der Waals surface area contributed by atoms with Crippen LogP contribution in [0.25, 0.3) is 5.57 Å². The van der Waals surface area contributed by atoms with Gasteiger partial charge in [0.25, 0.3) is 0 Å². The number of rotatable bonds is 1. The van der Waals surface area contributed by atoms with Gasteiger partial charge >= 0.3 is 0 Å². The smallest absolute Gasteiger partial charge is 0.163 e. The normalized spacial score (nSPS) is 17.3. The van der Waals surface area contributed by atoms with Gasteiger partial charge in [-0.1, -0.05) is 6.08 Å². The molecule has 0 unspecified atom stereocenters. The Bertz CT molecular complexity index is 365. The molecule has 0 bridgehead atoms. The highest BCUT2D eigenvalue weighted by atomic mass is 79.9. The van der Waals surface area contributed by atoms with Gasteiger partial charge < -0.3 is 0 Å². The number of carbonyl (C=O) groups excluding carboxylic acids is 1. The molecule has 1 aliphatic rings. The van der Waals surface area contributed by atoms with E-state index in [2.05, 4.69) is 22.0 Å². The highest BCUT2D eigenvalue weighted by Gasteiger charge is 2.17. The average molecular weight is 257 g/mol. The van der Waals surface area contributed by atoms with E-state index in [1.54, 1.807) is 11.3 Å². The highest BCUT2D eigenvalue weighted by Crippen LogP contribution is 2.31. The van der Waals surface area contributed by atoms with Crippen molar-refractivity contribution < 1.29 is 4.79 Å². The Morgan fingerprint density at radius 2 is 2.23 bits per heavy atom. The summed E-state index contributed by atoms with van der Waals surface area (Å²) in [6.45, 7) is 0. The van der Waals surface area contributed by atoms with E-state index in [0.29, 0.717) is 6.42 Å². The first-order valence-corrected chi connectivity index (χ1v) is 5.98. The monoisotopic (exact) mass is 256 g/mol. The SMILES string of the molecule is O=C1CCCC=C1c1cscc1Br. The lowest BCUT2D eigenvalue weighted by Gasteiger charge is -2.10. The third-order valence-corrected chi connectivity index (χ3v) is 3.86. The molecular formula is C10H9BrOS. The van der Waals surface area contributed by atoms with Crippen LogP contribution < -0.4 is 0 Å². The zero-order chi connectivity index (χ0) is 9.26. The molecule has 0 N–H and O–H groups in total. The first kappa shape index (κ1) is 9.16. The molecular weight excluding hydrogens is 248 g/mol. The number of hydrogen-bond donors (Lipinski definition) is 0. The summed E-state index contributed by atoms with van der Waals surface area (Å²) in [6.07, 6.45) is 4.79. The molecule has 0 saturated heterocycles. The topological polar surface area (TPSA) is 17.1 Å². The molecule has 0 saturated carbocycles. The predicted molar refractivity (Wildman–Crippen MR) is 58.9 cm³/mol. The van der Waals surface area contributed by atoms with Crippen LogP contribution in [0.1, 0.15) is 24.8 Å². The maximum absolute atomic E-state index is 11.6. The standard InChI is InChI=1S/C10H9BrOS/c11-9-6-13-5-8(9)7-3-1-2-4-10(7)12/h3,5-6H,1-2,4H2. The fourth-order valence-corrected chi connectivity index (χ4v) is 3.00. The van der Waals surface area contributed by atoms with Gasteiger partial charge in [-0.05, 0) is 34.2 Å². The van der Waals surface area contributed by atoms with Crippen LogP contribution in [0.3, 0.4) is 0 Å². The molecule has 1 nitrogen and oxygen atoms in total. The van der Waals surface area contributed by atoms with Crippen LogP contribution in [-0.2, 0) is 4.79 Å². The molecule has 2 rings (SSSR count). The number of ketones is 1. The Balaban J connectivity index is 2.40. The molecule has 0 aliphatic heterocycles. The first-order valence-electron chi connectivity index (χ1n) is 4.24. The first-order chi connectivity index (χ1) is 6.29. The third kappa shape index (κ3) is 1.76. The summed E-state index contributed by atoms with van der Waals surface area (Å²) >= 11 is 5.07. The average Bonchev–Trinajstić information content (AvgIpc) is 2.52. The number of halogens is 1. The van der Waals surface area contributed by atoms with Gasteiger partial charge in [0, 0.05) is 27.4 Å². The molecule has 0 atom stereocenters. The lowest BCUT2D eigenvalue weighted by atomic mass is 9.94. The Labute approximate surface area is 89.6 Å². The van der Waals surface area contributed by atoms with Crippen molar-refractivity contribution in [2.45, 2.75) is 19.3 Å². The van der Waals surface area contributed by atoms with E-state index in [9.17, 15) is 4.79 Å². The minimum Gasteiger partial charge on any atom is -0.294 e. The van der Waals surface area contributed by atoms with Crippen molar-refractivity contribution in [2.24, 2.45) is 0 Å². The van der Waals surface area contributed by atoms with E-state index in [4.69, 9.17) is 0 Å². The lowest BCUT2D eigenvalue weighted by molar-refractivity contribution is -0.114. The third-order valence-electron chi connectivity index (χ3n) is 2.16. The molecule has 1 aromatic heterocycles. The zero-order valence-electron chi connectivity index (χ0n) is 7.05. The van der Waals surface area contributed by atoms with E-state index in [1.165, 1.54) is 0 Å². The quantitative estimate of drug-likeness (QED) is 0.750. The predicted octanol–water partition coefficient (Wildman–Crippen LogP) is 3.65. The van der Waals surface area contributed by atoms with Crippen molar-refractivity contribution in [3.05, 3.63) is 26.9 Å². The molecule has 3 heteroatoms. The largest absolute Gasteiger partial charge is 0.294 e. The van der Waals surface area contributed by atoms with Gasteiger partial charge in [-0.2, -0.15) is 11.3 Å². The van der Waals surface area contributed by atoms with Gasteiger partial charge in [0.1, 0.15) is 0 Å². The molecule has 13 heavy (non-hydrogen) atoms. The summed E-state index contributed by atoms with van der Waals surface area (Å²) in [5.41, 5.74) is 1.97.